The second-order valence-electron chi connectivity index (χ2n) is 6.07. The summed E-state index contributed by atoms with van der Waals surface area (Å²) in [4.78, 5) is 16.5. The number of nitrogens with two attached hydrogens (primary N) is 1. The number of unbranched alkanes of at least 4 members (excludes halogenated alkanes) is 1. The molecule has 0 aliphatic heterocycles. The van der Waals surface area contributed by atoms with Crippen molar-refractivity contribution in [3.8, 4) is 5.75 Å². The van der Waals surface area contributed by atoms with Gasteiger partial charge >= 0.3 is 0 Å². The number of rotatable bonds is 10. The lowest BCUT2D eigenvalue weighted by Crippen LogP contribution is -2.24. The predicted molar refractivity (Wildman–Crippen MR) is 107 cm³/mol. The molecule has 6 nitrogen and oxygen atoms in total. The summed E-state index contributed by atoms with van der Waals surface area (Å²) in [6.07, 6.45) is 6.31. The van der Waals surface area contributed by atoms with Gasteiger partial charge in [0, 0.05) is 13.7 Å². The summed E-state index contributed by atoms with van der Waals surface area (Å²) in [6.45, 7) is 3.40. The number of hydrogen-bond donors (Lipinski definition) is 2. The molecule has 0 spiro atoms. The number of hydrogen-bond acceptors (Lipinski definition) is 5. The Kier molecular flexibility index (Phi) is 8.32. The Balaban J connectivity index is 1.90. The smallest absolute Gasteiger partial charge is 0.255 e. The fourth-order valence-corrected chi connectivity index (χ4v) is 2.46. The van der Waals surface area contributed by atoms with Crippen molar-refractivity contribution in [3.05, 3.63) is 65.4 Å². The molecule has 0 saturated heterocycles. The third-order valence-electron chi connectivity index (χ3n) is 3.84. The van der Waals surface area contributed by atoms with Crippen LogP contribution in [0.5, 0.6) is 5.75 Å². The van der Waals surface area contributed by atoms with Gasteiger partial charge in [0.2, 0.25) is 0 Å². The Bertz CT molecular complexity index is 775. The fourth-order valence-electron chi connectivity index (χ4n) is 2.46. The number of carbonyl (C=O) groups is 1. The molecule has 0 bridgehead atoms. The summed E-state index contributed by atoms with van der Waals surface area (Å²) >= 11 is 0. The monoisotopic (exact) mass is 369 g/mol. The lowest BCUT2D eigenvalue weighted by atomic mass is 10.2. The first kappa shape index (κ1) is 20.5. The van der Waals surface area contributed by atoms with E-state index < -0.39 is 0 Å². The summed E-state index contributed by atoms with van der Waals surface area (Å²) in [5.41, 5.74) is 7.86. The molecule has 0 fully saturated rings. The van der Waals surface area contributed by atoms with Gasteiger partial charge in [0.05, 0.1) is 17.9 Å². The summed E-state index contributed by atoms with van der Waals surface area (Å²) in [7, 11) is 1.58. The SMILES string of the molecule is CCC/C=C/COc1cccc(CNC(=O)c2ccc(COC)nc2N)c1. The number of methoxy groups -OCH3 is 1. The highest BCUT2D eigenvalue weighted by Crippen LogP contribution is 2.14. The Labute approximate surface area is 160 Å². The van der Waals surface area contributed by atoms with E-state index in [1.807, 2.05) is 30.3 Å². The van der Waals surface area contributed by atoms with Crippen molar-refractivity contribution in [3.63, 3.8) is 0 Å². The molecule has 0 saturated carbocycles. The van der Waals surface area contributed by atoms with E-state index in [9.17, 15) is 4.79 Å². The third kappa shape index (κ3) is 6.75. The van der Waals surface area contributed by atoms with Crippen LogP contribution in [0, 0.1) is 0 Å². The number of nitrogen functional groups attached to an aromatic ring is 1. The second-order valence-corrected chi connectivity index (χ2v) is 6.07. The molecule has 2 rings (SSSR count). The molecule has 0 unspecified atom stereocenters. The molecule has 0 aliphatic carbocycles. The van der Waals surface area contributed by atoms with E-state index in [2.05, 4.69) is 23.3 Å². The molecule has 27 heavy (non-hydrogen) atoms. The molecule has 6 heteroatoms. The average Bonchev–Trinajstić information content (AvgIpc) is 2.67. The van der Waals surface area contributed by atoms with Gasteiger partial charge in [0.25, 0.3) is 5.91 Å². The van der Waals surface area contributed by atoms with Crippen molar-refractivity contribution in [2.45, 2.75) is 32.9 Å². The first-order chi connectivity index (χ1) is 13.1. The number of allylic oxidation sites excluding steroid dienone is 1. The van der Waals surface area contributed by atoms with Gasteiger partial charge in [-0.15, -0.1) is 0 Å². The molecule has 2 aromatic rings. The van der Waals surface area contributed by atoms with E-state index >= 15 is 0 Å². The minimum Gasteiger partial charge on any atom is -0.490 e. The predicted octanol–water partition coefficient (Wildman–Crippen LogP) is 3.48. The van der Waals surface area contributed by atoms with Crippen molar-refractivity contribution >= 4 is 11.7 Å². The van der Waals surface area contributed by atoms with Crippen LogP contribution >= 0.6 is 0 Å². The maximum Gasteiger partial charge on any atom is 0.255 e. The maximum atomic E-state index is 12.4. The number of anilines is 1. The molecule has 1 amide bonds. The maximum absolute atomic E-state index is 12.4. The standard InChI is InChI=1S/C21H27N3O3/c1-3-4-5-6-12-27-18-9-7-8-16(13-18)14-23-21(25)19-11-10-17(15-26-2)24-20(19)22/h5-11,13H,3-4,12,14-15H2,1-2H3,(H2,22,24)(H,23,25)/b6-5+. The van der Waals surface area contributed by atoms with Gasteiger partial charge in [0.15, 0.2) is 0 Å². The number of nitrogens with one attached hydrogen (secondary N) is 1. The number of ether oxygens (including phenoxy) is 2. The Morgan fingerprint density at radius 1 is 1.26 bits per heavy atom. The fraction of sp³-hybridized carbons (Fsp3) is 0.333. The van der Waals surface area contributed by atoms with E-state index in [1.165, 1.54) is 0 Å². The van der Waals surface area contributed by atoms with E-state index in [0.717, 1.165) is 24.2 Å². The summed E-state index contributed by atoms with van der Waals surface area (Å²) < 4.78 is 10.7. The van der Waals surface area contributed by atoms with Crippen molar-refractivity contribution in [2.75, 3.05) is 19.5 Å². The zero-order valence-corrected chi connectivity index (χ0v) is 15.9. The van der Waals surface area contributed by atoms with Crippen LogP contribution in [0.2, 0.25) is 0 Å². The van der Waals surface area contributed by atoms with Crippen molar-refractivity contribution in [1.82, 2.24) is 10.3 Å². The molecule has 144 valence electrons. The van der Waals surface area contributed by atoms with Gasteiger partial charge in [-0.05, 0) is 36.2 Å². The third-order valence-corrected chi connectivity index (χ3v) is 3.84. The van der Waals surface area contributed by atoms with Crippen LogP contribution in [0.3, 0.4) is 0 Å². The average molecular weight is 369 g/mol. The van der Waals surface area contributed by atoms with E-state index in [-0.39, 0.29) is 11.7 Å². The van der Waals surface area contributed by atoms with Crippen LogP contribution < -0.4 is 15.8 Å². The Morgan fingerprint density at radius 2 is 2.11 bits per heavy atom. The highest BCUT2D eigenvalue weighted by molar-refractivity contribution is 5.98. The van der Waals surface area contributed by atoms with E-state index in [1.54, 1.807) is 19.2 Å². The molecular weight excluding hydrogens is 342 g/mol. The van der Waals surface area contributed by atoms with Crippen LogP contribution in [0.4, 0.5) is 5.82 Å². The minimum absolute atomic E-state index is 0.193. The van der Waals surface area contributed by atoms with Crippen molar-refractivity contribution < 1.29 is 14.3 Å². The van der Waals surface area contributed by atoms with Crippen molar-refractivity contribution in [1.29, 1.82) is 0 Å². The number of carbonyl (C=O) groups excluding carboxylic acids is 1. The molecule has 1 heterocycles. The quantitative estimate of drug-likeness (QED) is 0.626. The van der Waals surface area contributed by atoms with E-state index in [0.29, 0.717) is 31.0 Å². The van der Waals surface area contributed by atoms with Gasteiger partial charge < -0.3 is 20.5 Å². The first-order valence-electron chi connectivity index (χ1n) is 9.03. The van der Waals surface area contributed by atoms with Crippen LogP contribution in [0.25, 0.3) is 0 Å². The van der Waals surface area contributed by atoms with Gasteiger partial charge in [-0.2, -0.15) is 0 Å². The normalized spacial score (nSPS) is 10.9. The van der Waals surface area contributed by atoms with E-state index in [4.69, 9.17) is 15.2 Å². The second kappa shape index (κ2) is 11.0. The zero-order chi connectivity index (χ0) is 19.5. The lowest BCUT2D eigenvalue weighted by Gasteiger charge is -2.10. The zero-order valence-electron chi connectivity index (χ0n) is 15.9. The Morgan fingerprint density at radius 3 is 2.85 bits per heavy atom. The van der Waals surface area contributed by atoms with Gasteiger partial charge in [-0.25, -0.2) is 4.98 Å². The topological polar surface area (TPSA) is 86.5 Å². The van der Waals surface area contributed by atoms with Crippen LogP contribution in [-0.4, -0.2) is 24.6 Å². The molecule has 0 aliphatic rings. The molecule has 1 aromatic carbocycles. The van der Waals surface area contributed by atoms with Crippen LogP contribution in [0.1, 0.15) is 41.4 Å². The molecule has 1 aromatic heterocycles. The van der Waals surface area contributed by atoms with Gasteiger partial charge in [-0.3, -0.25) is 4.79 Å². The number of benzene rings is 1. The number of nitrogens with zero attached hydrogens (tertiary/aromatic N) is 1. The van der Waals surface area contributed by atoms with Gasteiger partial charge in [-0.1, -0.05) is 37.6 Å². The van der Waals surface area contributed by atoms with Crippen molar-refractivity contribution in [2.24, 2.45) is 0 Å². The molecule has 0 atom stereocenters. The lowest BCUT2D eigenvalue weighted by molar-refractivity contribution is 0.0951. The minimum atomic E-state index is -0.266. The molecule has 0 radical (unpaired) electrons. The van der Waals surface area contributed by atoms with Crippen LogP contribution in [-0.2, 0) is 17.9 Å². The highest BCUT2D eigenvalue weighted by Gasteiger charge is 2.11. The summed E-state index contributed by atoms with van der Waals surface area (Å²) in [6, 6.07) is 11.0. The summed E-state index contributed by atoms with van der Waals surface area (Å²) in [5.74, 6) is 0.698. The molecule has 3 N–H and O–H groups in total. The largest absolute Gasteiger partial charge is 0.490 e. The Hall–Kier alpha value is -2.86. The van der Waals surface area contributed by atoms with Crippen LogP contribution in [0.15, 0.2) is 48.6 Å². The number of aromatic nitrogens is 1. The number of pyridine rings is 1. The van der Waals surface area contributed by atoms with Gasteiger partial charge in [0.1, 0.15) is 18.2 Å². The molecular formula is C21H27N3O3. The summed E-state index contributed by atoms with van der Waals surface area (Å²) in [5, 5.41) is 2.86. The number of amides is 1. The first-order valence-corrected chi connectivity index (χ1v) is 9.03. The highest BCUT2D eigenvalue weighted by atomic mass is 16.5.